The largest absolute Gasteiger partial charge is 0.380 e. The van der Waals surface area contributed by atoms with Gasteiger partial charge in [0.1, 0.15) is 0 Å². The molecule has 1 nitrogen and oxygen atoms in total. The van der Waals surface area contributed by atoms with Crippen LogP contribution in [0.1, 0.15) is 29.9 Å². The monoisotopic (exact) mass is 289 g/mol. The molecule has 2 aromatic carbocycles. The van der Waals surface area contributed by atoms with Gasteiger partial charge in [-0.15, -0.1) is 0 Å². The van der Waals surface area contributed by atoms with Gasteiger partial charge in [-0.3, -0.25) is 0 Å². The normalized spacial score (nSPS) is 21.4. The number of nitrogens with one attached hydrogen (secondary N) is 1. The van der Waals surface area contributed by atoms with Crippen LogP contribution < -0.4 is 5.32 Å². The van der Waals surface area contributed by atoms with Crippen molar-refractivity contribution in [2.24, 2.45) is 0 Å². The van der Waals surface area contributed by atoms with Crippen LogP contribution in [-0.2, 0) is 0 Å². The highest BCUT2D eigenvalue weighted by Crippen LogP contribution is 2.40. The second-order valence-electron chi connectivity index (χ2n) is 5.47. The molecule has 1 aliphatic rings. The molecule has 0 saturated heterocycles. The third kappa shape index (κ3) is 2.53. The fourth-order valence-corrected chi connectivity index (χ4v) is 3.04. The van der Waals surface area contributed by atoms with Gasteiger partial charge in [-0.05, 0) is 48.9 Å². The summed E-state index contributed by atoms with van der Waals surface area (Å²) in [5.74, 6) is 0.226. The van der Waals surface area contributed by atoms with Crippen molar-refractivity contribution in [2.45, 2.75) is 31.7 Å². The minimum atomic E-state index is -0.353. The van der Waals surface area contributed by atoms with Crippen LogP contribution in [0.25, 0.3) is 0 Å². The lowest BCUT2D eigenvalue weighted by atomic mass is 9.74. The van der Waals surface area contributed by atoms with E-state index in [9.17, 15) is 4.39 Å². The lowest BCUT2D eigenvalue weighted by Gasteiger charge is -2.37. The fraction of sp³-hybridized carbons (Fsp3) is 0.294. The number of aryl methyl sites for hydroxylation is 1. The SMILES string of the molecule is Cc1ccccc1C1CC(Nc2cccc(Cl)c2F)C1. The molecule has 3 heteroatoms. The number of benzene rings is 2. The molecule has 20 heavy (non-hydrogen) atoms. The second-order valence-corrected chi connectivity index (χ2v) is 5.87. The molecule has 3 rings (SSSR count). The van der Waals surface area contributed by atoms with E-state index in [0.717, 1.165) is 12.8 Å². The Morgan fingerprint density at radius 2 is 1.85 bits per heavy atom. The smallest absolute Gasteiger partial charge is 0.164 e. The maximum atomic E-state index is 13.8. The van der Waals surface area contributed by atoms with E-state index >= 15 is 0 Å². The van der Waals surface area contributed by atoms with Crippen molar-refractivity contribution in [3.8, 4) is 0 Å². The van der Waals surface area contributed by atoms with Crippen LogP contribution >= 0.6 is 11.6 Å². The zero-order chi connectivity index (χ0) is 14.1. The first-order chi connectivity index (χ1) is 9.65. The first kappa shape index (κ1) is 13.4. The number of hydrogen-bond donors (Lipinski definition) is 1. The summed E-state index contributed by atoms with van der Waals surface area (Å²) in [5, 5.41) is 3.42. The van der Waals surface area contributed by atoms with Gasteiger partial charge in [0, 0.05) is 6.04 Å². The number of halogens is 2. The highest BCUT2D eigenvalue weighted by molar-refractivity contribution is 6.31. The van der Waals surface area contributed by atoms with Crippen LogP contribution in [0.15, 0.2) is 42.5 Å². The average molecular weight is 290 g/mol. The van der Waals surface area contributed by atoms with Crippen molar-refractivity contribution in [1.29, 1.82) is 0 Å². The van der Waals surface area contributed by atoms with Crippen LogP contribution in [0.2, 0.25) is 5.02 Å². The summed E-state index contributed by atoms with van der Waals surface area (Å²) in [6.45, 7) is 2.15. The molecule has 1 N–H and O–H groups in total. The summed E-state index contributed by atoms with van der Waals surface area (Å²) in [6, 6.07) is 13.9. The van der Waals surface area contributed by atoms with Crippen molar-refractivity contribution < 1.29 is 4.39 Å². The van der Waals surface area contributed by atoms with Crippen molar-refractivity contribution in [3.63, 3.8) is 0 Å². The summed E-state index contributed by atoms with van der Waals surface area (Å²) in [4.78, 5) is 0. The molecule has 2 aromatic rings. The summed E-state index contributed by atoms with van der Waals surface area (Å²) in [5.41, 5.74) is 3.26. The lowest BCUT2D eigenvalue weighted by molar-refractivity contribution is 0.372. The Balaban J connectivity index is 1.64. The minimum Gasteiger partial charge on any atom is -0.380 e. The Labute approximate surface area is 123 Å². The van der Waals surface area contributed by atoms with E-state index < -0.39 is 0 Å². The Morgan fingerprint density at radius 1 is 1.10 bits per heavy atom. The van der Waals surface area contributed by atoms with Gasteiger partial charge < -0.3 is 5.32 Å². The topological polar surface area (TPSA) is 12.0 Å². The summed E-state index contributed by atoms with van der Waals surface area (Å²) >= 11 is 5.79. The molecule has 0 spiro atoms. The quantitative estimate of drug-likeness (QED) is 0.824. The first-order valence-electron chi connectivity index (χ1n) is 6.91. The molecule has 1 fully saturated rings. The number of rotatable bonds is 3. The standard InChI is InChI=1S/C17H17ClFN/c1-11-5-2-3-6-14(11)12-9-13(10-12)20-16-8-4-7-15(18)17(16)19/h2-8,12-13,20H,9-10H2,1H3. The first-order valence-corrected chi connectivity index (χ1v) is 7.29. The van der Waals surface area contributed by atoms with Gasteiger partial charge in [0.15, 0.2) is 5.82 Å². The second kappa shape index (κ2) is 5.45. The van der Waals surface area contributed by atoms with E-state index in [4.69, 9.17) is 11.6 Å². The Morgan fingerprint density at radius 3 is 2.60 bits per heavy atom. The predicted octanol–water partition coefficient (Wildman–Crippen LogP) is 5.15. The van der Waals surface area contributed by atoms with Gasteiger partial charge in [0.25, 0.3) is 0 Å². The molecule has 0 heterocycles. The van der Waals surface area contributed by atoms with Crippen LogP contribution in [0.3, 0.4) is 0 Å². The van der Waals surface area contributed by atoms with Crippen LogP contribution in [0.5, 0.6) is 0 Å². The molecule has 0 amide bonds. The van der Waals surface area contributed by atoms with E-state index in [1.54, 1.807) is 18.2 Å². The van der Waals surface area contributed by atoms with Gasteiger partial charge in [0.2, 0.25) is 0 Å². The zero-order valence-electron chi connectivity index (χ0n) is 11.4. The van der Waals surface area contributed by atoms with Gasteiger partial charge in [-0.25, -0.2) is 4.39 Å². The van der Waals surface area contributed by atoms with Crippen molar-refractivity contribution in [2.75, 3.05) is 5.32 Å². The summed E-state index contributed by atoms with van der Waals surface area (Å²) in [6.07, 6.45) is 2.08. The molecule has 104 valence electrons. The van der Waals surface area contributed by atoms with Gasteiger partial charge in [0.05, 0.1) is 10.7 Å². The minimum absolute atomic E-state index is 0.171. The third-order valence-electron chi connectivity index (χ3n) is 4.08. The van der Waals surface area contributed by atoms with Gasteiger partial charge >= 0.3 is 0 Å². The van der Waals surface area contributed by atoms with E-state index in [2.05, 4.69) is 36.5 Å². The molecule has 0 atom stereocenters. The van der Waals surface area contributed by atoms with E-state index in [1.807, 2.05) is 0 Å². The third-order valence-corrected chi connectivity index (χ3v) is 4.37. The molecule has 0 aromatic heterocycles. The highest BCUT2D eigenvalue weighted by atomic mass is 35.5. The Hall–Kier alpha value is -1.54. The molecule has 0 radical (unpaired) electrons. The fourth-order valence-electron chi connectivity index (χ4n) is 2.87. The predicted molar refractivity (Wildman–Crippen MR) is 82.0 cm³/mol. The molecule has 0 unspecified atom stereocenters. The van der Waals surface area contributed by atoms with Gasteiger partial charge in [-0.1, -0.05) is 41.9 Å². The molecule has 1 aliphatic carbocycles. The average Bonchev–Trinajstić information content (AvgIpc) is 2.39. The van der Waals surface area contributed by atoms with Gasteiger partial charge in [-0.2, -0.15) is 0 Å². The van der Waals surface area contributed by atoms with Crippen LogP contribution in [0, 0.1) is 12.7 Å². The highest BCUT2D eigenvalue weighted by Gasteiger charge is 2.31. The number of anilines is 1. The Bertz CT molecular complexity index is 620. The lowest BCUT2D eigenvalue weighted by Crippen LogP contribution is -2.34. The molecular weight excluding hydrogens is 273 g/mol. The maximum absolute atomic E-state index is 13.8. The molecule has 0 bridgehead atoms. The van der Waals surface area contributed by atoms with Crippen LogP contribution in [-0.4, -0.2) is 6.04 Å². The van der Waals surface area contributed by atoms with Crippen molar-refractivity contribution >= 4 is 17.3 Å². The Kier molecular flexibility index (Phi) is 3.66. The number of hydrogen-bond acceptors (Lipinski definition) is 1. The van der Waals surface area contributed by atoms with E-state index in [-0.39, 0.29) is 10.8 Å². The summed E-state index contributed by atoms with van der Waals surface area (Å²) < 4.78 is 13.8. The maximum Gasteiger partial charge on any atom is 0.164 e. The zero-order valence-corrected chi connectivity index (χ0v) is 12.1. The molecule has 1 saturated carbocycles. The molecular formula is C17H17ClFN. The molecule has 0 aliphatic heterocycles. The van der Waals surface area contributed by atoms with Crippen LogP contribution in [0.4, 0.5) is 10.1 Å². The summed E-state index contributed by atoms with van der Waals surface area (Å²) in [7, 11) is 0. The van der Waals surface area contributed by atoms with Crippen molar-refractivity contribution in [1.82, 2.24) is 0 Å². The van der Waals surface area contributed by atoms with E-state index in [1.165, 1.54) is 11.1 Å². The van der Waals surface area contributed by atoms with Crippen molar-refractivity contribution in [3.05, 3.63) is 64.4 Å². The van der Waals surface area contributed by atoms with E-state index in [0.29, 0.717) is 17.6 Å².